The van der Waals surface area contributed by atoms with E-state index in [9.17, 15) is 4.79 Å². The molecule has 1 saturated heterocycles. The molecular weight excluding hydrogens is 340 g/mol. The standard InChI is InChI=1S/C21H28N4O2/c1-24-13-15-25(16-14-24)19-9-7-18(8-10-19)23-21(26)22-12-11-17-5-3-4-6-20(17)27-2/h3-10H,11-16H2,1-2H3,(H2,22,23,26). The molecule has 1 aliphatic rings. The number of para-hydroxylation sites is 1. The Morgan fingerprint density at radius 2 is 1.74 bits per heavy atom. The van der Waals surface area contributed by atoms with Crippen molar-refractivity contribution in [3.05, 3.63) is 54.1 Å². The van der Waals surface area contributed by atoms with Gasteiger partial charge in [0.15, 0.2) is 0 Å². The van der Waals surface area contributed by atoms with Crippen molar-refractivity contribution >= 4 is 17.4 Å². The maximum atomic E-state index is 12.1. The predicted octanol–water partition coefficient (Wildman–Crippen LogP) is 2.81. The summed E-state index contributed by atoms with van der Waals surface area (Å²) in [7, 11) is 3.81. The Bertz CT molecular complexity index is 740. The lowest BCUT2D eigenvalue weighted by Gasteiger charge is -2.34. The van der Waals surface area contributed by atoms with Crippen LogP contribution >= 0.6 is 0 Å². The highest BCUT2D eigenvalue weighted by atomic mass is 16.5. The second kappa shape index (κ2) is 9.28. The van der Waals surface area contributed by atoms with Crippen molar-refractivity contribution < 1.29 is 9.53 Å². The fraction of sp³-hybridized carbons (Fsp3) is 0.381. The summed E-state index contributed by atoms with van der Waals surface area (Å²) in [6, 6.07) is 15.7. The SMILES string of the molecule is COc1ccccc1CCNC(=O)Nc1ccc(N2CCN(C)CC2)cc1. The number of methoxy groups -OCH3 is 1. The minimum atomic E-state index is -0.197. The number of likely N-dealkylation sites (N-methyl/N-ethyl adjacent to an activating group) is 1. The molecule has 6 heteroatoms. The summed E-state index contributed by atoms with van der Waals surface area (Å²) in [5.74, 6) is 0.846. The first-order chi connectivity index (χ1) is 13.2. The first kappa shape index (κ1) is 19.0. The number of piperazine rings is 1. The molecule has 0 radical (unpaired) electrons. The highest BCUT2D eigenvalue weighted by Crippen LogP contribution is 2.19. The van der Waals surface area contributed by atoms with Gasteiger partial charge >= 0.3 is 6.03 Å². The number of nitrogens with zero attached hydrogens (tertiary/aromatic N) is 2. The highest BCUT2D eigenvalue weighted by molar-refractivity contribution is 5.89. The minimum absolute atomic E-state index is 0.197. The zero-order chi connectivity index (χ0) is 19.1. The van der Waals surface area contributed by atoms with Crippen LogP contribution in [0.4, 0.5) is 16.2 Å². The topological polar surface area (TPSA) is 56.8 Å². The van der Waals surface area contributed by atoms with Crippen LogP contribution in [0.5, 0.6) is 5.75 Å². The molecule has 1 fully saturated rings. The fourth-order valence-electron chi connectivity index (χ4n) is 3.22. The molecular formula is C21H28N4O2. The van der Waals surface area contributed by atoms with Crippen LogP contribution in [0, 0.1) is 0 Å². The Labute approximate surface area is 161 Å². The maximum absolute atomic E-state index is 12.1. The second-order valence-corrected chi connectivity index (χ2v) is 6.78. The molecule has 3 rings (SSSR count). The third kappa shape index (κ3) is 5.37. The quantitative estimate of drug-likeness (QED) is 0.823. The van der Waals surface area contributed by atoms with Gasteiger partial charge in [-0.3, -0.25) is 0 Å². The summed E-state index contributed by atoms with van der Waals surface area (Å²) in [5.41, 5.74) is 3.07. The normalized spacial score (nSPS) is 14.7. The number of anilines is 2. The highest BCUT2D eigenvalue weighted by Gasteiger charge is 2.14. The van der Waals surface area contributed by atoms with Gasteiger partial charge in [0.25, 0.3) is 0 Å². The van der Waals surface area contributed by atoms with Gasteiger partial charge in [-0.25, -0.2) is 4.79 Å². The van der Waals surface area contributed by atoms with E-state index >= 15 is 0 Å². The van der Waals surface area contributed by atoms with Crippen LogP contribution in [-0.2, 0) is 6.42 Å². The number of amides is 2. The van der Waals surface area contributed by atoms with Crippen molar-refractivity contribution in [2.24, 2.45) is 0 Å². The third-order valence-electron chi connectivity index (χ3n) is 4.87. The molecule has 27 heavy (non-hydrogen) atoms. The number of ether oxygens (including phenoxy) is 1. The number of hydrogen-bond donors (Lipinski definition) is 2. The van der Waals surface area contributed by atoms with Crippen molar-refractivity contribution in [2.45, 2.75) is 6.42 Å². The van der Waals surface area contributed by atoms with Crippen LogP contribution in [0.15, 0.2) is 48.5 Å². The fourth-order valence-corrected chi connectivity index (χ4v) is 3.22. The lowest BCUT2D eigenvalue weighted by atomic mass is 10.1. The Morgan fingerprint density at radius 3 is 2.44 bits per heavy atom. The monoisotopic (exact) mass is 368 g/mol. The molecule has 0 bridgehead atoms. The van der Waals surface area contributed by atoms with Gasteiger partial charge in [-0.1, -0.05) is 18.2 Å². The van der Waals surface area contributed by atoms with Gasteiger partial charge in [-0.2, -0.15) is 0 Å². The molecule has 0 atom stereocenters. The summed E-state index contributed by atoms with van der Waals surface area (Å²) in [6.45, 7) is 4.77. The zero-order valence-corrected chi connectivity index (χ0v) is 16.1. The van der Waals surface area contributed by atoms with Crippen LogP contribution in [0.1, 0.15) is 5.56 Å². The van der Waals surface area contributed by atoms with Gasteiger partial charge < -0.3 is 25.2 Å². The van der Waals surface area contributed by atoms with E-state index in [0.29, 0.717) is 6.54 Å². The first-order valence-corrected chi connectivity index (χ1v) is 9.36. The maximum Gasteiger partial charge on any atom is 0.319 e. The zero-order valence-electron chi connectivity index (χ0n) is 16.1. The molecule has 2 aromatic rings. The largest absolute Gasteiger partial charge is 0.496 e. The van der Waals surface area contributed by atoms with E-state index < -0.39 is 0 Å². The molecule has 6 nitrogen and oxygen atoms in total. The molecule has 1 aliphatic heterocycles. The van der Waals surface area contributed by atoms with Crippen LogP contribution in [0.2, 0.25) is 0 Å². The molecule has 0 aliphatic carbocycles. The molecule has 2 N–H and O–H groups in total. The van der Waals surface area contributed by atoms with Crippen LogP contribution in [-0.4, -0.2) is 57.8 Å². The van der Waals surface area contributed by atoms with Crippen LogP contribution in [0.3, 0.4) is 0 Å². The molecule has 0 spiro atoms. The molecule has 0 aromatic heterocycles. The molecule has 1 heterocycles. The van der Waals surface area contributed by atoms with Crippen molar-refractivity contribution in [2.75, 3.05) is 57.1 Å². The van der Waals surface area contributed by atoms with Crippen molar-refractivity contribution in [1.82, 2.24) is 10.2 Å². The third-order valence-corrected chi connectivity index (χ3v) is 4.87. The number of carbonyl (C=O) groups is 1. The lowest BCUT2D eigenvalue weighted by Crippen LogP contribution is -2.44. The number of rotatable bonds is 6. The lowest BCUT2D eigenvalue weighted by molar-refractivity contribution is 0.252. The van der Waals surface area contributed by atoms with Crippen LogP contribution < -0.4 is 20.3 Å². The second-order valence-electron chi connectivity index (χ2n) is 6.78. The number of hydrogen-bond acceptors (Lipinski definition) is 4. The van der Waals surface area contributed by atoms with Gasteiger partial charge in [-0.05, 0) is 49.4 Å². The van der Waals surface area contributed by atoms with Crippen molar-refractivity contribution in [1.29, 1.82) is 0 Å². The predicted molar refractivity (Wildman–Crippen MR) is 110 cm³/mol. The minimum Gasteiger partial charge on any atom is -0.496 e. The van der Waals surface area contributed by atoms with Crippen LogP contribution in [0.25, 0.3) is 0 Å². The number of urea groups is 1. The van der Waals surface area contributed by atoms with E-state index in [2.05, 4.69) is 39.6 Å². The Balaban J connectivity index is 1.45. The summed E-state index contributed by atoms with van der Waals surface area (Å²) in [5, 5.41) is 5.78. The first-order valence-electron chi connectivity index (χ1n) is 9.36. The molecule has 2 amide bonds. The van der Waals surface area contributed by atoms with E-state index in [1.165, 1.54) is 5.69 Å². The average molecular weight is 368 g/mol. The van der Waals surface area contributed by atoms with Crippen molar-refractivity contribution in [3.63, 3.8) is 0 Å². The Kier molecular flexibility index (Phi) is 6.54. The van der Waals surface area contributed by atoms with E-state index in [1.54, 1.807) is 7.11 Å². The van der Waals surface area contributed by atoms with Gasteiger partial charge in [0.05, 0.1) is 7.11 Å². The number of nitrogens with one attached hydrogen (secondary N) is 2. The molecule has 2 aromatic carbocycles. The molecule has 144 valence electrons. The Morgan fingerprint density at radius 1 is 1.04 bits per heavy atom. The number of benzene rings is 2. The average Bonchev–Trinajstić information content (AvgIpc) is 2.69. The van der Waals surface area contributed by atoms with E-state index in [4.69, 9.17) is 4.74 Å². The number of carbonyl (C=O) groups excluding carboxylic acids is 1. The van der Waals surface area contributed by atoms with Gasteiger partial charge in [0.1, 0.15) is 5.75 Å². The molecule has 0 saturated carbocycles. The van der Waals surface area contributed by atoms with Crippen molar-refractivity contribution in [3.8, 4) is 5.75 Å². The van der Waals surface area contributed by atoms with Gasteiger partial charge in [0, 0.05) is 44.1 Å². The smallest absolute Gasteiger partial charge is 0.319 e. The van der Waals surface area contributed by atoms with E-state index in [1.807, 2.05) is 36.4 Å². The Hall–Kier alpha value is -2.73. The van der Waals surface area contributed by atoms with Gasteiger partial charge in [-0.15, -0.1) is 0 Å². The summed E-state index contributed by atoms with van der Waals surface area (Å²) < 4.78 is 5.33. The van der Waals surface area contributed by atoms with E-state index in [0.717, 1.165) is 49.6 Å². The summed E-state index contributed by atoms with van der Waals surface area (Å²) >= 11 is 0. The summed E-state index contributed by atoms with van der Waals surface area (Å²) in [4.78, 5) is 16.8. The molecule has 0 unspecified atom stereocenters. The van der Waals surface area contributed by atoms with Gasteiger partial charge in [0.2, 0.25) is 0 Å². The summed E-state index contributed by atoms with van der Waals surface area (Å²) in [6.07, 6.45) is 0.722. The van der Waals surface area contributed by atoms with E-state index in [-0.39, 0.29) is 6.03 Å².